The molecule has 128 valence electrons. The largest absolute Gasteiger partial charge is 0.467 e. The van der Waals surface area contributed by atoms with Crippen LogP contribution in [0.4, 0.5) is 0 Å². The maximum absolute atomic E-state index is 12.5. The second-order valence-corrected chi connectivity index (χ2v) is 5.81. The predicted octanol–water partition coefficient (Wildman–Crippen LogP) is 1.68. The Labute approximate surface area is 143 Å². The van der Waals surface area contributed by atoms with Crippen LogP contribution in [0.25, 0.3) is 0 Å². The Hall–Kier alpha value is -1.59. The van der Waals surface area contributed by atoms with Crippen LogP contribution in [0.1, 0.15) is 24.8 Å². The second kappa shape index (κ2) is 9.53. The van der Waals surface area contributed by atoms with E-state index in [4.69, 9.17) is 10.5 Å². The molecule has 1 aromatic carbocycles. The molecule has 1 aliphatic rings. The first kappa shape index (κ1) is 19.5. The van der Waals surface area contributed by atoms with E-state index in [1.54, 1.807) is 0 Å². The van der Waals surface area contributed by atoms with Crippen molar-refractivity contribution in [3.8, 4) is 0 Å². The van der Waals surface area contributed by atoms with Gasteiger partial charge in [0, 0.05) is 12.3 Å². The number of methoxy groups -OCH3 is 1. The van der Waals surface area contributed by atoms with Gasteiger partial charge in [-0.3, -0.25) is 4.79 Å². The van der Waals surface area contributed by atoms with E-state index in [0.717, 1.165) is 24.8 Å². The molecular weight excluding hydrogens is 316 g/mol. The molecule has 0 heterocycles. The summed E-state index contributed by atoms with van der Waals surface area (Å²) in [5.41, 5.74) is 6.72. The van der Waals surface area contributed by atoms with Crippen molar-refractivity contribution in [3.63, 3.8) is 0 Å². The van der Waals surface area contributed by atoms with Gasteiger partial charge in [-0.05, 0) is 30.9 Å². The topological polar surface area (TPSA) is 81.4 Å². The minimum Gasteiger partial charge on any atom is -0.467 e. The van der Waals surface area contributed by atoms with Gasteiger partial charge < -0.3 is 15.8 Å². The van der Waals surface area contributed by atoms with Crippen molar-refractivity contribution >= 4 is 24.3 Å². The summed E-state index contributed by atoms with van der Waals surface area (Å²) in [5.74, 6) is -0.373. The van der Waals surface area contributed by atoms with Crippen LogP contribution in [-0.4, -0.2) is 31.6 Å². The van der Waals surface area contributed by atoms with Gasteiger partial charge in [0.1, 0.15) is 6.04 Å². The van der Waals surface area contributed by atoms with Crippen LogP contribution in [0.5, 0.6) is 0 Å². The Morgan fingerprint density at radius 2 is 2.00 bits per heavy atom. The minimum atomic E-state index is -0.654. The third kappa shape index (κ3) is 5.22. The molecule has 1 fully saturated rings. The number of amides is 1. The van der Waals surface area contributed by atoms with Crippen molar-refractivity contribution in [3.05, 3.63) is 35.9 Å². The molecule has 1 aliphatic carbocycles. The summed E-state index contributed by atoms with van der Waals surface area (Å²) < 4.78 is 4.82. The van der Waals surface area contributed by atoms with Crippen LogP contribution in [0, 0.1) is 11.8 Å². The molecule has 0 radical (unpaired) electrons. The monoisotopic (exact) mass is 340 g/mol. The summed E-state index contributed by atoms with van der Waals surface area (Å²) >= 11 is 0. The number of nitrogens with one attached hydrogen (secondary N) is 1. The number of benzene rings is 1. The molecule has 1 saturated carbocycles. The minimum absolute atomic E-state index is 0. The normalized spacial score (nSPS) is 21.1. The van der Waals surface area contributed by atoms with Crippen molar-refractivity contribution in [1.82, 2.24) is 5.32 Å². The average molecular weight is 341 g/mol. The third-order valence-corrected chi connectivity index (χ3v) is 4.38. The first-order chi connectivity index (χ1) is 10.7. The molecule has 0 spiro atoms. The van der Waals surface area contributed by atoms with E-state index in [2.05, 4.69) is 5.32 Å². The number of ether oxygens (including phenoxy) is 1. The molecule has 23 heavy (non-hydrogen) atoms. The van der Waals surface area contributed by atoms with Crippen molar-refractivity contribution < 1.29 is 14.3 Å². The molecule has 0 saturated heterocycles. The van der Waals surface area contributed by atoms with E-state index in [9.17, 15) is 9.59 Å². The molecule has 0 aliphatic heterocycles. The van der Waals surface area contributed by atoms with E-state index in [-0.39, 0.29) is 30.2 Å². The number of halogens is 1. The molecule has 3 N–H and O–H groups in total. The average Bonchev–Trinajstić information content (AvgIpc) is 3.03. The maximum atomic E-state index is 12.5. The van der Waals surface area contributed by atoms with Crippen LogP contribution in [0.2, 0.25) is 0 Å². The van der Waals surface area contributed by atoms with Crippen molar-refractivity contribution in [1.29, 1.82) is 0 Å². The number of hydrogen-bond acceptors (Lipinski definition) is 4. The highest BCUT2D eigenvalue weighted by Crippen LogP contribution is 2.31. The molecule has 2 rings (SSSR count). The van der Waals surface area contributed by atoms with E-state index in [1.165, 1.54) is 7.11 Å². The van der Waals surface area contributed by atoms with Gasteiger partial charge in [-0.25, -0.2) is 4.79 Å². The van der Waals surface area contributed by atoms with Crippen LogP contribution < -0.4 is 11.1 Å². The standard InChI is InChI=1S/C17H24N2O3.ClH/c1-22-17(21)15(10-12-6-3-2-4-7-12)19-16(20)14-9-5-8-13(14)11-18;/h2-4,6-7,13-15H,5,8-11,18H2,1H3,(H,19,20);1H/t13-,14-,15?;/m1./s1. The first-order valence-electron chi connectivity index (χ1n) is 7.78. The highest BCUT2D eigenvalue weighted by molar-refractivity contribution is 5.86. The van der Waals surface area contributed by atoms with E-state index >= 15 is 0 Å². The smallest absolute Gasteiger partial charge is 0.328 e. The summed E-state index contributed by atoms with van der Waals surface area (Å²) in [6.45, 7) is 0.514. The van der Waals surface area contributed by atoms with E-state index in [0.29, 0.717) is 13.0 Å². The summed E-state index contributed by atoms with van der Waals surface area (Å²) in [7, 11) is 1.34. The second-order valence-electron chi connectivity index (χ2n) is 5.81. The summed E-state index contributed by atoms with van der Waals surface area (Å²) in [5, 5.41) is 2.85. The Morgan fingerprint density at radius 1 is 1.30 bits per heavy atom. The first-order valence-corrected chi connectivity index (χ1v) is 7.78. The lowest BCUT2D eigenvalue weighted by molar-refractivity contribution is -0.145. The van der Waals surface area contributed by atoms with Crippen LogP contribution in [-0.2, 0) is 20.7 Å². The number of carbonyl (C=O) groups is 2. The molecule has 1 aromatic rings. The van der Waals surface area contributed by atoms with Gasteiger partial charge in [-0.15, -0.1) is 12.4 Å². The third-order valence-electron chi connectivity index (χ3n) is 4.38. The van der Waals surface area contributed by atoms with Gasteiger partial charge in [0.25, 0.3) is 0 Å². The number of nitrogens with two attached hydrogens (primary N) is 1. The van der Waals surface area contributed by atoms with Crippen molar-refractivity contribution in [2.75, 3.05) is 13.7 Å². The van der Waals surface area contributed by atoms with Gasteiger partial charge in [-0.1, -0.05) is 36.8 Å². The highest BCUT2D eigenvalue weighted by Gasteiger charge is 2.34. The number of carbonyl (C=O) groups excluding carboxylic acids is 2. The lowest BCUT2D eigenvalue weighted by atomic mass is 9.94. The van der Waals surface area contributed by atoms with Crippen molar-refractivity contribution in [2.24, 2.45) is 17.6 Å². The predicted molar refractivity (Wildman–Crippen MR) is 91.2 cm³/mol. The quantitative estimate of drug-likeness (QED) is 0.772. The van der Waals surface area contributed by atoms with Gasteiger partial charge in [0.05, 0.1) is 7.11 Å². The zero-order chi connectivity index (χ0) is 15.9. The van der Waals surface area contributed by atoms with Gasteiger partial charge >= 0.3 is 5.97 Å². The van der Waals surface area contributed by atoms with Gasteiger partial charge in [0.15, 0.2) is 0 Å². The maximum Gasteiger partial charge on any atom is 0.328 e. The van der Waals surface area contributed by atoms with Crippen molar-refractivity contribution in [2.45, 2.75) is 31.7 Å². The molecule has 1 amide bonds. The van der Waals surface area contributed by atoms with Crippen LogP contribution in [0.15, 0.2) is 30.3 Å². The highest BCUT2D eigenvalue weighted by atomic mass is 35.5. The van der Waals surface area contributed by atoms with Gasteiger partial charge in [-0.2, -0.15) is 0 Å². The molecule has 0 aromatic heterocycles. The van der Waals surface area contributed by atoms with E-state index in [1.807, 2.05) is 30.3 Å². The fraction of sp³-hybridized carbons (Fsp3) is 0.529. The molecule has 0 bridgehead atoms. The summed E-state index contributed by atoms with van der Waals surface area (Å²) in [6.07, 6.45) is 3.27. The Morgan fingerprint density at radius 3 is 2.61 bits per heavy atom. The SMILES string of the molecule is COC(=O)C(Cc1ccccc1)NC(=O)[C@@H]1CCC[C@@H]1CN.Cl. The summed E-state index contributed by atoms with van der Waals surface area (Å²) in [4.78, 5) is 24.4. The van der Waals surface area contributed by atoms with E-state index < -0.39 is 12.0 Å². The summed E-state index contributed by atoms with van der Waals surface area (Å²) in [6, 6.07) is 8.94. The fourth-order valence-corrected chi connectivity index (χ4v) is 3.13. The van der Waals surface area contributed by atoms with Crippen LogP contribution >= 0.6 is 12.4 Å². The zero-order valence-electron chi connectivity index (χ0n) is 13.4. The Bertz CT molecular complexity index is 510. The molecule has 5 nitrogen and oxygen atoms in total. The number of rotatable bonds is 6. The molecule has 3 atom stereocenters. The molecular formula is C17H25ClN2O3. The Balaban J connectivity index is 0.00000264. The lowest BCUT2D eigenvalue weighted by Gasteiger charge is -2.22. The Kier molecular flexibility index (Phi) is 8.06. The molecule has 6 heteroatoms. The number of hydrogen-bond donors (Lipinski definition) is 2. The number of esters is 1. The fourth-order valence-electron chi connectivity index (χ4n) is 3.13. The van der Waals surface area contributed by atoms with Gasteiger partial charge in [0.2, 0.25) is 5.91 Å². The van der Waals surface area contributed by atoms with Crippen LogP contribution in [0.3, 0.4) is 0 Å². The zero-order valence-corrected chi connectivity index (χ0v) is 14.2. The molecule has 1 unspecified atom stereocenters. The lowest BCUT2D eigenvalue weighted by Crippen LogP contribution is -2.46.